The Balaban J connectivity index is 3.69. The summed E-state index contributed by atoms with van der Waals surface area (Å²) in [5, 5.41) is 31.5. The van der Waals surface area contributed by atoms with Gasteiger partial charge < -0.3 is 0 Å². The molecule has 0 aromatic heterocycles. The van der Waals surface area contributed by atoms with Gasteiger partial charge in [0, 0.05) is 6.07 Å². The molecule has 0 saturated carbocycles. The van der Waals surface area contributed by atoms with Crippen LogP contribution >= 0.6 is 0 Å². The molecule has 0 atom stereocenters. The lowest BCUT2D eigenvalue weighted by molar-refractivity contribution is -0.424. The van der Waals surface area contributed by atoms with Crippen molar-refractivity contribution in [3.63, 3.8) is 0 Å². The van der Waals surface area contributed by atoms with Gasteiger partial charge in [-0.1, -0.05) is 0 Å². The number of hydrogen-bond acceptors (Lipinski definition) is 7. The van der Waals surface area contributed by atoms with E-state index in [1.165, 1.54) is 0 Å². The fourth-order valence-electron chi connectivity index (χ4n) is 1.16. The van der Waals surface area contributed by atoms with Crippen molar-refractivity contribution in [2.45, 2.75) is 0 Å². The van der Waals surface area contributed by atoms with Crippen LogP contribution in [0.2, 0.25) is 0 Å². The van der Waals surface area contributed by atoms with Gasteiger partial charge in [0.2, 0.25) is 0 Å². The molecule has 1 aromatic rings. The third-order valence-corrected chi connectivity index (χ3v) is 1.82. The summed E-state index contributed by atoms with van der Waals surface area (Å²) in [7, 11) is 0. The Labute approximate surface area is 91.9 Å². The molecule has 0 spiro atoms. The van der Waals surface area contributed by atoms with Gasteiger partial charge in [0.1, 0.15) is 11.6 Å². The Morgan fingerprint density at radius 3 is 1.88 bits per heavy atom. The number of carbonyl (C=O) groups is 1. The number of nitro groups is 3. The van der Waals surface area contributed by atoms with E-state index < -0.39 is 37.4 Å². The van der Waals surface area contributed by atoms with Crippen LogP contribution in [0.15, 0.2) is 12.1 Å². The predicted octanol–water partition coefficient (Wildman–Crippen LogP) is 1.22. The van der Waals surface area contributed by atoms with Gasteiger partial charge in [-0.25, -0.2) is 0 Å². The van der Waals surface area contributed by atoms with Crippen LogP contribution in [0.4, 0.5) is 17.1 Å². The van der Waals surface area contributed by atoms with E-state index in [2.05, 4.69) is 0 Å². The molecule has 10 heteroatoms. The molecule has 0 aliphatic carbocycles. The van der Waals surface area contributed by atoms with E-state index in [0.29, 0.717) is 12.1 Å². The number of non-ortho nitro benzene ring substituents is 1. The molecule has 1 rings (SSSR count). The minimum absolute atomic E-state index is 0.0435. The molecule has 0 fully saturated rings. The van der Waals surface area contributed by atoms with Crippen LogP contribution in [-0.4, -0.2) is 21.1 Å². The van der Waals surface area contributed by atoms with Crippen LogP contribution in [0.25, 0.3) is 0 Å². The Kier molecular flexibility index (Phi) is 3.08. The lowest BCUT2D eigenvalue weighted by Crippen LogP contribution is -2.02. The molecule has 0 N–H and O–H groups in total. The minimum atomic E-state index is -1.15. The first-order valence-electron chi connectivity index (χ1n) is 3.95. The van der Waals surface area contributed by atoms with Gasteiger partial charge in [-0.3, -0.25) is 35.1 Å². The van der Waals surface area contributed by atoms with Crippen LogP contribution in [0, 0.1) is 30.3 Å². The summed E-state index contributed by atoms with van der Waals surface area (Å²) in [5.74, 6) is 0. The van der Waals surface area contributed by atoms with E-state index >= 15 is 0 Å². The topological polar surface area (TPSA) is 146 Å². The fraction of sp³-hybridized carbons (Fsp3) is 0. The average Bonchev–Trinajstić information content (AvgIpc) is 2.26. The molecule has 0 aliphatic heterocycles. The van der Waals surface area contributed by atoms with Gasteiger partial charge in [-0.2, -0.15) is 0 Å². The predicted molar refractivity (Wildman–Crippen MR) is 51.8 cm³/mol. The number of hydrogen-bond donors (Lipinski definition) is 0. The number of nitro benzene ring substituents is 3. The first-order valence-corrected chi connectivity index (χ1v) is 3.95. The molecule has 0 amide bonds. The summed E-state index contributed by atoms with van der Waals surface area (Å²) >= 11 is 0. The van der Waals surface area contributed by atoms with Gasteiger partial charge in [0.15, 0.2) is 6.29 Å². The summed E-state index contributed by atoms with van der Waals surface area (Å²) in [4.78, 5) is 38.8. The van der Waals surface area contributed by atoms with Crippen molar-refractivity contribution >= 4 is 23.3 Å². The molecule has 0 heterocycles. The zero-order chi connectivity index (χ0) is 13.2. The van der Waals surface area contributed by atoms with E-state index in [0.717, 1.165) is 0 Å². The monoisotopic (exact) mass is 241 g/mol. The summed E-state index contributed by atoms with van der Waals surface area (Å²) in [6.07, 6.45) is -0.0435. The van der Waals surface area contributed by atoms with Gasteiger partial charge in [-0.05, 0) is 0 Å². The molecule has 0 bridgehead atoms. The SMILES string of the molecule is O=Cc1cc([N+](=O)[O-])cc([N+](=O)[O-])c1[N+](=O)[O-]. The standard InChI is InChI=1S/C7H3N3O7/c11-3-4-1-5(8(12)13)2-6(9(14)15)7(4)10(16)17/h1-3H. The minimum Gasteiger partial charge on any atom is -0.298 e. The van der Waals surface area contributed by atoms with Gasteiger partial charge in [0.05, 0.1) is 14.8 Å². The Hall–Kier alpha value is -2.91. The quantitative estimate of drug-likeness (QED) is 0.437. The summed E-state index contributed by atoms with van der Waals surface area (Å²) < 4.78 is 0. The summed E-state index contributed by atoms with van der Waals surface area (Å²) in [6, 6.07) is 1.04. The smallest absolute Gasteiger partial charge is 0.298 e. The highest BCUT2D eigenvalue weighted by atomic mass is 16.6. The van der Waals surface area contributed by atoms with E-state index in [4.69, 9.17) is 0 Å². The normalized spacial score (nSPS) is 9.65. The highest BCUT2D eigenvalue weighted by Gasteiger charge is 2.32. The van der Waals surface area contributed by atoms with E-state index in [-0.39, 0.29) is 6.29 Å². The highest BCUT2D eigenvalue weighted by Crippen LogP contribution is 2.33. The Morgan fingerprint density at radius 1 is 0.941 bits per heavy atom. The van der Waals surface area contributed by atoms with E-state index in [1.54, 1.807) is 0 Å². The fourth-order valence-corrected chi connectivity index (χ4v) is 1.16. The lowest BCUT2D eigenvalue weighted by Gasteiger charge is -1.98. The lowest BCUT2D eigenvalue weighted by atomic mass is 10.1. The first kappa shape index (κ1) is 12.2. The van der Waals surface area contributed by atoms with Gasteiger partial charge in [-0.15, -0.1) is 0 Å². The maximum absolute atomic E-state index is 10.6. The van der Waals surface area contributed by atoms with E-state index in [1.807, 2.05) is 0 Å². The number of nitrogens with zero attached hydrogens (tertiary/aromatic N) is 3. The summed E-state index contributed by atoms with van der Waals surface area (Å²) in [5.41, 5.74) is -3.62. The van der Waals surface area contributed by atoms with Crippen molar-refractivity contribution in [3.05, 3.63) is 48.0 Å². The second-order valence-electron chi connectivity index (χ2n) is 2.79. The third-order valence-electron chi connectivity index (χ3n) is 1.82. The molecular weight excluding hydrogens is 238 g/mol. The number of carbonyl (C=O) groups excluding carboxylic acids is 1. The molecule has 0 unspecified atom stereocenters. The van der Waals surface area contributed by atoms with Crippen LogP contribution in [0.5, 0.6) is 0 Å². The number of benzene rings is 1. The summed E-state index contributed by atoms with van der Waals surface area (Å²) in [6.45, 7) is 0. The average molecular weight is 241 g/mol. The molecule has 0 saturated heterocycles. The largest absolute Gasteiger partial charge is 0.356 e. The molecule has 88 valence electrons. The molecule has 10 nitrogen and oxygen atoms in total. The van der Waals surface area contributed by atoms with Crippen molar-refractivity contribution in [2.24, 2.45) is 0 Å². The van der Waals surface area contributed by atoms with Crippen molar-refractivity contribution in [3.8, 4) is 0 Å². The molecule has 0 radical (unpaired) electrons. The molecule has 0 aliphatic rings. The van der Waals surface area contributed by atoms with Crippen molar-refractivity contribution < 1.29 is 19.6 Å². The first-order chi connectivity index (χ1) is 7.88. The van der Waals surface area contributed by atoms with E-state index in [9.17, 15) is 35.1 Å². The zero-order valence-electron chi connectivity index (χ0n) is 7.93. The Morgan fingerprint density at radius 2 is 1.53 bits per heavy atom. The van der Waals surface area contributed by atoms with Crippen molar-refractivity contribution in [1.82, 2.24) is 0 Å². The van der Waals surface area contributed by atoms with Gasteiger partial charge in [0.25, 0.3) is 5.69 Å². The highest BCUT2D eigenvalue weighted by molar-refractivity contribution is 5.86. The maximum atomic E-state index is 10.6. The second-order valence-corrected chi connectivity index (χ2v) is 2.79. The van der Waals surface area contributed by atoms with Crippen LogP contribution in [0.3, 0.4) is 0 Å². The molecule has 17 heavy (non-hydrogen) atoms. The van der Waals surface area contributed by atoms with Crippen LogP contribution in [-0.2, 0) is 0 Å². The third kappa shape index (κ3) is 2.19. The second kappa shape index (κ2) is 4.30. The van der Waals surface area contributed by atoms with Crippen LogP contribution < -0.4 is 0 Å². The van der Waals surface area contributed by atoms with Crippen LogP contribution in [0.1, 0.15) is 10.4 Å². The van der Waals surface area contributed by atoms with Crippen molar-refractivity contribution in [2.75, 3.05) is 0 Å². The molecular formula is C7H3N3O7. The number of aldehydes is 1. The Bertz CT molecular complexity index is 539. The van der Waals surface area contributed by atoms with Crippen molar-refractivity contribution in [1.29, 1.82) is 0 Å². The number of rotatable bonds is 4. The molecule has 1 aromatic carbocycles. The zero-order valence-corrected chi connectivity index (χ0v) is 7.93. The maximum Gasteiger partial charge on any atom is 0.356 e. The van der Waals surface area contributed by atoms with Gasteiger partial charge >= 0.3 is 11.4 Å².